The molecular formula is C10H15FN2. The third-order valence-corrected chi connectivity index (χ3v) is 2.12. The quantitative estimate of drug-likeness (QED) is 0.774. The summed E-state index contributed by atoms with van der Waals surface area (Å²) in [6.45, 7) is 4.17. The van der Waals surface area contributed by atoms with Gasteiger partial charge in [0.25, 0.3) is 0 Å². The summed E-state index contributed by atoms with van der Waals surface area (Å²) in [5, 5.41) is 3.13. The van der Waals surface area contributed by atoms with Gasteiger partial charge in [0.05, 0.1) is 11.9 Å². The highest BCUT2D eigenvalue weighted by molar-refractivity contribution is 5.43. The summed E-state index contributed by atoms with van der Waals surface area (Å²) in [5.41, 5.74) is 0.545. The number of hydrogen-bond donors (Lipinski definition) is 1. The van der Waals surface area contributed by atoms with Gasteiger partial charge in [0.2, 0.25) is 0 Å². The third-order valence-electron chi connectivity index (χ3n) is 2.12. The van der Waals surface area contributed by atoms with Crippen molar-refractivity contribution in [3.05, 3.63) is 24.3 Å². The van der Waals surface area contributed by atoms with Crippen molar-refractivity contribution in [3.8, 4) is 0 Å². The minimum Gasteiger partial charge on any atom is -0.380 e. The Labute approximate surface area is 78.2 Å². The van der Waals surface area contributed by atoms with E-state index in [1.54, 1.807) is 12.3 Å². The second kappa shape index (κ2) is 4.80. The average Bonchev–Trinajstić information content (AvgIpc) is 2.17. The molecule has 0 amide bonds. The minimum absolute atomic E-state index is 0.283. The first-order valence-corrected chi connectivity index (χ1v) is 4.64. The molecule has 3 heteroatoms. The summed E-state index contributed by atoms with van der Waals surface area (Å²) in [6, 6.07) is 2.00. The van der Waals surface area contributed by atoms with Crippen LogP contribution in [0.5, 0.6) is 0 Å². The molecule has 1 heterocycles. The van der Waals surface area contributed by atoms with Gasteiger partial charge in [-0.15, -0.1) is 0 Å². The molecule has 0 spiro atoms. The van der Waals surface area contributed by atoms with E-state index in [4.69, 9.17) is 0 Å². The van der Waals surface area contributed by atoms with Crippen LogP contribution in [-0.4, -0.2) is 11.0 Å². The van der Waals surface area contributed by atoms with Crippen molar-refractivity contribution in [3.63, 3.8) is 0 Å². The number of aromatic nitrogens is 1. The van der Waals surface area contributed by atoms with Crippen LogP contribution in [0.1, 0.15) is 26.7 Å². The lowest BCUT2D eigenvalue weighted by atomic mass is 10.1. The number of hydrogen-bond acceptors (Lipinski definition) is 2. The van der Waals surface area contributed by atoms with Crippen LogP contribution in [0.15, 0.2) is 18.5 Å². The normalized spacial score (nSPS) is 10.5. The molecule has 0 aromatic carbocycles. The van der Waals surface area contributed by atoms with Gasteiger partial charge in [-0.05, 0) is 18.9 Å². The van der Waals surface area contributed by atoms with Gasteiger partial charge in [-0.3, -0.25) is 4.98 Å². The van der Waals surface area contributed by atoms with Crippen molar-refractivity contribution < 1.29 is 4.39 Å². The fourth-order valence-corrected chi connectivity index (χ4v) is 1.20. The molecule has 0 fully saturated rings. The molecule has 0 saturated carbocycles. The Balaban J connectivity index is 2.67. The fraction of sp³-hybridized carbons (Fsp3) is 0.500. The molecule has 0 aliphatic heterocycles. The van der Waals surface area contributed by atoms with Crippen LogP contribution < -0.4 is 5.32 Å². The van der Waals surface area contributed by atoms with E-state index in [-0.39, 0.29) is 5.82 Å². The van der Waals surface area contributed by atoms with Crippen LogP contribution in [-0.2, 0) is 0 Å². The Bertz CT molecular complexity index is 259. The molecule has 1 rings (SSSR count). The number of anilines is 1. The summed E-state index contributed by atoms with van der Waals surface area (Å²) >= 11 is 0. The molecule has 1 aromatic heterocycles. The molecule has 0 bridgehead atoms. The van der Waals surface area contributed by atoms with E-state index in [9.17, 15) is 4.39 Å². The van der Waals surface area contributed by atoms with Crippen molar-refractivity contribution >= 4 is 5.69 Å². The summed E-state index contributed by atoms with van der Waals surface area (Å²) in [7, 11) is 0. The molecule has 1 aromatic rings. The van der Waals surface area contributed by atoms with Crippen LogP contribution in [0, 0.1) is 5.82 Å². The number of nitrogens with zero attached hydrogens (tertiary/aromatic N) is 1. The smallest absolute Gasteiger partial charge is 0.164 e. The molecular weight excluding hydrogens is 167 g/mol. The van der Waals surface area contributed by atoms with Crippen molar-refractivity contribution in [2.45, 2.75) is 32.7 Å². The maximum atomic E-state index is 13.1. The van der Waals surface area contributed by atoms with E-state index < -0.39 is 0 Å². The summed E-state index contributed by atoms with van der Waals surface area (Å²) in [4.78, 5) is 3.69. The molecule has 0 aliphatic rings. The number of halogens is 1. The van der Waals surface area contributed by atoms with Gasteiger partial charge in [0, 0.05) is 12.2 Å². The monoisotopic (exact) mass is 182 g/mol. The minimum atomic E-state index is -0.283. The fourth-order valence-electron chi connectivity index (χ4n) is 1.20. The first-order chi connectivity index (χ1) is 6.27. The van der Waals surface area contributed by atoms with E-state index in [0.29, 0.717) is 11.7 Å². The zero-order chi connectivity index (χ0) is 9.68. The lowest BCUT2D eigenvalue weighted by molar-refractivity contribution is 0.610. The highest BCUT2D eigenvalue weighted by atomic mass is 19.1. The van der Waals surface area contributed by atoms with E-state index in [0.717, 1.165) is 12.8 Å². The van der Waals surface area contributed by atoms with Crippen LogP contribution in [0.2, 0.25) is 0 Å². The van der Waals surface area contributed by atoms with Crippen molar-refractivity contribution in [1.82, 2.24) is 4.98 Å². The summed E-state index contributed by atoms with van der Waals surface area (Å²) in [6.07, 6.45) is 4.81. The molecule has 0 radical (unpaired) electrons. The molecule has 0 saturated heterocycles. The second-order valence-electron chi connectivity index (χ2n) is 3.01. The largest absolute Gasteiger partial charge is 0.380 e. The first kappa shape index (κ1) is 9.96. The van der Waals surface area contributed by atoms with Gasteiger partial charge in [0.15, 0.2) is 5.82 Å². The van der Waals surface area contributed by atoms with Gasteiger partial charge < -0.3 is 5.32 Å². The summed E-state index contributed by atoms with van der Waals surface area (Å²) < 4.78 is 13.1. The van der Waals surface area contributed by atoms with Crippen molar-refractivity contribution in [1.29, 1.82) is 0 Å². The molecule has 13 heavy (non-hydrogen) atoms. The summed E-state index contributed by atoms with van der Waals surface area (Å²) in [5.74, 6) is -0.283. The average molecular weight is 182 g/mol. The Morgan fingerprint density at radius 1 is 1.46 bits per heavy atom. The van der Waals surface area contributed by atoms with Crippen molar-refractivity contribution in [2.75, 3.05) is 5.32 Å². The van der Waals surface area contributed by atoms with Crippen LogP contribution in [0.3, 0.4) is 0 Å². The SMILES string of the molecule is CCC(CC)Nc1ccncc1F. The van der Waals surface area contributed by atoms with Crippen LogP contribution in [0.25, 0.3) is 0 Å². The predicted octanol–water partition coefficient (Wildman–Crippen LogP) is 2.82. The maximum absolute atomic E-state index is 13.1. The van der Waals surface area contributed by atoms with Gasteiger partial charge >= 0.3 is 0 Å². The standard InChI is InChI=1S/C10H15FN2/c1-3-8(4-2)13-10-5-6-12-7-9(10)11/h5-8H,3-4H2,1-2H3,(H,12,13). The molecule has 0 atom stereocenters. The van der Waals surface area contributed by atoms with Crippen LogP contribution in [0.4, 0.5) is 10.1 Å². The van der Waals surface area contributed by atoms with E-state index >= 15 is 0 Å². The molecule has 0 unspecified atom stereocenters. The maximum Gasteiger partial charge on any atom is 0.164 e. The number of nitrogens with one attached hydrogen (secondary N) is 1. The van der Waals surface area contributed by atoms with Crippen molar-refractivity contribution in [2.24, 2.45) is 0 Å². The van der Waals surface area contributed by atoms with E-state index in [1.807, 2.05) is 0 Å². The van der Waals surface area contributed by atoms with Gasteiger partial charge in [-0.2, -0.15) is 0 Å². The Kier molecular flexibility index (Phi) is 3.68. The molecule has 2 nitrogen and oxygen atoms in total. The Morgan fingerprint density at radius 2 is 2.15 bits per heavy atom. The highest BCUT2D eigenvalue weighted by Gasteiger charge is 2.06. The predicted molar refractivity (Wildman–Crippen MR) is 52.2 cm³/mol. The molecule has 1 N–H and O–H groups in total. The van der Waals surface area contributed by atoms with Gasteiger partial charge in [-0.1, -0.05) is 13.8 Å². The number of pyridine rings is 1. The zero-order valence-electron chi connectivity index (χ0n) is 8.05. The lowest BCUT2D eigenvalue weighted by Crippen LogP contribution is -2.17. The molecule has 72 valence electrons. The van der Waals surface area contributed by atoms with Crippen LogP contribution >= 0.6 is 0 Å². The van der Waals surface area contributed by atoms with Gasteiger partial charge in [-0.25, -0.2) is 4.39 Å². The lowest BCUT2D eigenvalue weighted by Gasteiger charge is -2.16. The van der Waals surface area contributed by atoms with E-state index in [1.165, 1.54) is 6.20 Å². The van der Waals surface area contributed by atoms with Gasteiger partial charge in [0.1, 0.15) is 0 Å². The topological polar surface area (TPSA) is 24.9 Å². The Morgan fingerprint density at radius 3 is 2.69 bits per heavy atom. The second-order valence-corrected chi connectivity index (χ2v) is 3.01. The first-order valence-electron chi connectivity index (χ1n) is 4.64. The van der Waals surface area contributed by atoms with E-state index in [2.05, 4.69) is 24.1 Å². The molecule has 0 aliphatic carbocycles. The number of rotatable bonds is 4. The Hall–Kier alpha value is -1.12. The zero-order valence-corrected chi connectivity index (χ0v) is 8.05. The third kappa shape index (κ3) is 2.68. The highest BCUT2D eigenvalue weighted by Crippen LogP contribution is 2.14.